The van der Waals surface area contributed by atoms with E-state index in [0.29, 0.717) is 19.4 Å². The Kier molecular flexibility index (Phi) is 4.57. The lowest BCUT2D eigenvalue weighted by molar-refractivity contribution is -0.130. The van der Waals surface area contributed by atoms with Crippen LogP contribution in [0.1, 0.15) is 18.4 Å². The van der Waals surface area contributed by atoms with E-state index in [4.69, 9.17) is 5.73 Å². The Morgan fingerprint density at radius 2 is 2.15 bits per heavy atom. The van der Waals surface area contributed by atoms with Crippen LogP contribution in [0, 0.1) is 0 Å². The Bertz CT molecular complexity index is 487. The molecule has 6 heteroatoms. The van der Waals surface area contributed by atoms with Crippen LogP contribution in [0.15, 0.2) is 24.3 Å². The Balaban J connectivity index is 1.88. The van der Waals surface area contributed by atoms with Crippen LogP contribution >= 0.6 is 0 Å². The van der Waals surface area contributed by atoms with E-state index in [1.54, 1.807) is 24.3 Å². The third kappa shape index (κ3) is 3.71. The molecule has 0 saturated carbocycles. The molecule has 0 aromatic heterocycles. The molecule has 1 aromatic carbocycles. The van der Waals surface area contributed by atoms with Crippen LogP contribution in [-0.2, 0) is 16.0 Å². The van der Waals surface area contributed by atoms with Gasteiger partial charge in [-0.1, -0.05) is 12.1 Å². The van der Waals surface area contributed by atoms with Crippen LogP contribution in [-0.4, -0.2) is 35.5 Å². The van der Waals surface area contributed by atoms with E-state index in [1.807, 2.05) is 0 Å². The van der Waals surface area contributed by atoms with Gasteiger partial charge in [-0.3, -0.25) is 9.59 Å². The second kappa shape index (κ2) is 6.38. The highest BCUT2D eigenvalue weighted by molar-refractivity contribution is 5.90. The van der Waals surface area contributed by atoms with Crippen LogP contribution in [0.3, 0.4) is 0 Å². The molecule has 20 heavy (non-hydrogen) atoms. The van der Waals surface area contributed by atoms with Crippen molar-refractivity contribution in [3.05, 3.63) is 29.8 Å². The van der Waals surface area contributed by atoms with E-state index >= 15 is 0 Å². The number of amides is 2. The van der Waals surface area contributed by atoms with Gasteiger partial charge in [-0.05, 0) is 37.0 Å². The van der Waals surface area contributed by atoms with Crippen molar-refractivity contribution in [1.29, 1.82) is 0 Å². The summed E-state index contributed by atoms with van der Waals surface area (Å²) < 4.78 is 0. The average Bonchev–Trinajstić information content (AvgIpc) is 2.44. The molecule has 1 fully saturated rings. The molecule has 108 valence electrons. The summed E-state index contributed by atoms with van der Waals surface area (Å²) in [6, 6.07) is 5.34. The lowest BCUT2D eigenvalue weighted by atomic mass is 10.0. The number of aromatic hydroxyl groups is 1. The fourth-order valence-corrected chi connectivity index (χ4v) is 2.17. The number of hydrogen-bond acceptors (Lipinski definition) is 4. The highest BCUT2D eigenvalue weighted by atomic mass is 16.3. The Hall–Kier alpha value is -2.08. The number of benzene rings is 1. The topological polar surface area (TPSA) is 104 Å². The number of piperidine rings is 1. The molecular formula is C14H19N3O3. The SMILES string of the molecule is N[C@H](Cc1ccc(O)cc1)C(=O)NC1CCCNC1=O. The molecule has 1 aliphatic heterocycles. The Morgan fingerprint density at radius 3 is 2.80 bits per heavy atom. The first-order valence-corrected chi connectivity index (χ1v) is 6.68. The summed E-state index contributed by atoms with van der Waals surface area (Å²) in [5.74, 6) is -0.313. The van der Waals surface area contributed by atoms with E-state index in [2.05, 4.69) is 10.6 Å². The number of carbonyl (C=O) groups excluding carboxylic acids is 2. The van der Waals surface area contributed by atoms with E-state index < -0.39 is 12.1 Å². The van der Waals surface area contributed by atoms with Gasteiger partial charge in [0.25, 0.3) is 0 Å². The average molecular weight is 277 g/mol. The van der Waals surface area contributed by atoms with Crippen molar-refractivity contribution in [3.63, 3.8) is 0 Å². The summed E-state index contributed by atoms with van der Waals surface area (Å²) in [5.41, 5.74) is 6.70. The van der Waals surface area contributed by atoms with Gasteiger partial charge in [0.15, 0.2) is 0 Å². The van der Waals surface area contributed by atoms with Gasteiger partial charge < -0.3 is 21.5 Å². The Labute approximate surface area is 117 Å². The summed E-state index contributed by atoms with van der Waals surface area (Å²) in [7, 11) is 0. The number of hydrogen-bond donors (Lipinski definition) is 4. The summed E-state index contributed by atoms with van der Waals surface area (Å²) in [4.78, 5) is 23.5. The maximum Gasteiger partial charge on any atom is 0.242 e. The van der Waals surface area contributed by atoms with E-state index in [-0.39, 0.29) is 17.6 Å². The molecule has 0 spiro atoms. The molecule has 2 amide bonds. The van der Waals surface area contributed by atoms with Gasteiger partial charge >= 0.3 is 0 Å². The fourth-order valence-electron chi connectivity index (χ4n) is 2.17. The van der Waals surface area contributed by atoms with Crippen LogP contribution in [0.25, 0.3) is 0 Å². The lowest BCUT2D eigenvalue weighted by Crippen LogP contribution is -2.54. The third-order valence-electron chi connectivity index (χ3n) is 3.33. The second-order valence-corrected chi connectivity index (χ2v) is 4.97. The first kappa shape index (κ1) is 14.3. The quantitative estimate of drug-likeness (QED) is 0.604. The van der Waals surface area contributed by atoms with Gasteiger partial charge in [0.05, 0.1) is 6.04 Å². The van der Waals surface area contributed by atoms with Gasteiger partial charge in [-0.15, -0.1) is 0 Å². The number of phenolic OH excluding ortho intramolecular Hbond substituents is 1. The molecule has 1 aliphatic rings. The minimum Gasteiger partial charge on any atom is -0.508 e. The normalized spacial score (nSPS) is 20.1. The molecule has 1 saturated heterocycles. The van der Waals surface area contributed by atoms with Gasteiger partial charge in [0.1, 0.15) is 11.8 Å². The smallest absolute Gasteiger partial charge is 0.242 e. The van der Waals surface area contributed by atoms with Gasteiger partial charge in [-0.2, -0.15) is 0 Å². The number of carbonyl (C=O) groups is 2. The maximum atomic E-state index is 12.0. The molecule has 5 N–H and O–H groups in total. The molecule has 0 bridgehead atoms. The molecule has 1 aromatic rings. The van der Waals surface area contributed by atoms with Crippen LogP contribution in [0.4, 0.5) is 0 Å². The van der Waals surface area contributed by atoms with Gasteiger partial charge in [0, 0.05) is 6.54 Å². The number of nitrogens with one attached hydrogen (secondary N) is 2. The first-order chi connectivity index (χ1) is 9.56. The predicted octanol–water partition coefficient (Wildman–Crippen LogP) is -0.343. The van der Waals surface area contributed by atoms with Crippen molar-refractivity contribution in [2.45, 2.75) is 31.3 Å². The predicted molar refractivity (Wildman–Crippen MR) is 74.0 cm³/mol. The van der Waals surface area contributed by atoms with Crippen LogP contribution in [0.2, 0.25) is 0 Å². The monoisotopic (exact) mass is 277 g/mol. The van der Waals surface area contributed by atoms with Gasteiger partial charge in [0.2, 0.25) is 11.8 Å². The molecule has 1 heterocycles. The second-order valence-electron chi connectivity index (χ2n) is 4.97. The van der Waals surface area contributed by atoms with Crippen LogP contribution < -0.4 is 16.4 Å². The molecule has 2 rings (SSSR count). The highest BCUT2D eigenvalue weighted by Crippen LogP contribution is 2.11. The zero-order valence-electron chi connectivity index (χ0n) is 11.1. The minimum absolute atomic E-state index is 0.151. The molecular weight excluding hydrogens is 258 g/mol. The lowest BCUT2D eigenvalue weighted by Gasteiger charge is -2.24. The molecule has 0 radical (unpaired) electrons. The maximum absolute atomic E-state index is 12.0. The van der Waals surface area contributed by atoms with Crippen molar-refractivity contribution in [3.8, 4) is 5.75 Å². The zero-order chi connectivity index (χ0) is 14.5. The van der Waals surface area contributed by atoms with Crippen molar-refractivity contribution >= 4 is 11.8 Å². The summed E-state index contributed by atoms with van der Waals surface area (Å²) in [5, 5.41) is 14.6. The largest absolute Gasteiger partial charge is 0.508 e. The standard InChI is InChI=1S/C14H19N3O3/c15-11(8-9-3-5-10(18)6-4-9)13(19)17-12-2-1-7-16-14(12)20/h3-6,11-12,18H,1-2,7-8,15H2,(H,16,20)(H,17,19)/t11-,12?/m1/s1. The molecule has 6 nitrogen and oxygen atoms in total. The number of phenols is 1. The minimum atomic E-state index is -0.714. The van der Waals surface area contributed by atoms with Crippen molar-refractivity contribution < 1.29 is 14.7 Å². The van der Waals surface area contributed by atoms with Crippen molar-refractivity contribution in [1.82, 2.24) is 10.6 Å². The van der Waals surface area contributed by atoms with Crippen LogP contribution in [0.5, 0.6) is 5.75 Å². The van der Waals surface area contributed by atoms with E-state index in [1.165, 1.54) is 0 Å². The van der Waals surface area contributed by atoms with E-state index in [0.717, 1.165) is 12.0 Å². The fraction of sp³-hybridized carbons (Fsp3) is 0.429. The van der Waals surface area contributed by atoms with E-state index in [9.17, 15) is 14.7 Å². The zero-order valence-corrected chi connectivity index (χ0v) is 11.1. The number of rotatable bonds is 4. The summed E-state index contributed by atoms with van der Waals surface area (Å²) in [6.45, 7) is 0.658. The molecule has 0 aliphatic carbocycles. The summed E-state index contributed by atoms with van der Waals surface area (Å²) in [6.07, 6.45) is 1.86. The van der Waals surface area contributed by atoms with Gasteiger partial charge in [-0.25, -0.2) is 0 Å². The molecule has 1 unspecified atom stereocenters. The van der Waals surface area contributed by atoms with Crippen molar-refractivity contribution in [2.75, 3.05) is 6.54 Å². The molecule has 2 atom stereocenters. The highest BCUT2D eigenvalue weighted by Gasteiger charge is 2.25. The third-order valence-corrected chi connectivity index (χ3v) is 3.33. The number of nitrogens with two attached hydrogens (primary N) is 1. The van der Waals surface area contributed by atoms with Crippen molar-refractivity contribution in [2.24, 2.45) is 5.73 Å². The first-order valence-electron chi connectivity index (χ1n) is 6.68. The summed E-state index contributed by atoms with van der Waals surface area (Å²) >= 11 is 0. The Morgan fingerprint density at radius 1 is 1.45 bits per heavy atom.